The molecule has 7 nitrogen and oxygen atoms in total. The van der Waals surface area contributed by atoms with E-state index in [4.69, 9.17) is 14.7 Å². The molecule has 1 aromatic carbocycles. The van der Waals surface area contributed by atoms with Gasteiger partial charge in [0.2, 0.25) is 5.91 Å². The summed E-state index contributed by atoms with van der Waals surface area (Å²) in [5.41, 5.74) is 1.89. The lowest BCUT2D eigenvalue weighted by Crippen LogP contribution is -2.31. The molecule has 0 saturated carbocycles. The van der Waals surface area contributed by atoms with Crippen LogP contribution in [0.5, 0.6) is 11.5 Å². The van der Waals surface area contributed by atoms with E-state index in [2.05, 4.69) is 4.98 Å². The van der Waals surface area contributed by atoms with Crippen molar-refractivity contribution in [2.75, 3.05) is 27.3 Å². The van der Waals surface area contributed by atoms with Crippen LogP contribution in [0.15, 0.2) is 29.1 Å². The fraction of sp³-hybridized carbons (Fsp3) is 0.381. The lowest BCUT2D eigenvalue weighted by Gasteiger charge is -2.18. The standard InChI is InChI=1S/C21H25N3O4/c1-14-18(15(2)23-21(26)19(14)13-22)9-10-20(25)24(3)11-12-28-17-7-5-16(27-4)6-8-17/h5-8H,9-12H2,1-4H3,(H,23,26). The number of nitriles is 1. The van der Waals surface area contributed by atoms with Crippen LogP contribution in [0.3, 0.4) is 0 Å². The number of hydrogen-bond acceptors (Lipinski definition) is 5. The van der Waals surface area contributed by atoms with Gasteiger partial charge in [-0.15, -0.1) is 0 Å². The summed E-state index contributed by atoms with van der Waals surface area (Å²) in [5.74, 6) is 1.44. The summed E-state index contributed by atoms with van der Waals surface area (Å²) in [5, 5.41) is 9.13. The van der Waals surface area contributed by atoms with Crippen LogP contribution in [-0.2, 0) is 11.2 Å². The van der Waals surface area contributed by atoms with Crippen LogP contribution >= 0.6 is 0 Å². The highest BCUT2D eigenvalue weighted by atomic mass is 16.5. The van der Waals surface area contributed by atoms with E-state index in [9.17, 15) is 9.59 Å². The number of benzene rings is 1. The summed E-state index contributed by atoms with van der Waals surface area (Å²) in [7, 11) is 3.33. The highest BCUT2D eigenvalue weighted by Crippen LogP contribution is 2.17. The molecule has 1 aromatic heterocycles. The van der Waals surface area contributed by atoms with Gasteiger partial charge in [-0.3, -0.25) is 9.59 Å². The Balaban J connectivity index is 1.87. The Kier molecular flexibility index (Phi) is 7.21. The molecule has 0 spiro atoms. The molecule has 28 heavy (non-hydrogen) atoms. The van der Waals surface area contributed by atoms with E-state index in [1.165, 1.54) is 0 Å². The zero-order valence-corrected chi connectivity index (χ0v) is 16.7. The number of aromatic nitrogens is 1. The fourth-order valence-corrected chi connectivity index (χ4v) is 2.94. The Morgan fingerprint density at radius 1 is 1.21 bits per heavy atom. The van der Waals surface area contributed by atoms with Crippen LogP contribution < -0.4 is 15.0 Å². The lowest BCUT2D eigenvalue weighted by atomic mass is 9.99. The minimum atomic E-state index is -0.389. The third kappa shape index (κ3) is 5.13. The highest BCUT2D eigenvalue weighted by molar-refractivity contribution is 5.76. The second kappa shape index (κ2) is 9.60. The Morgan fingerprint density at radius 2 is 1.86 bits per heavy atom. The molecule has 1 amide bonds. The normalized spacial score (nSPS) is 10.2. The van der Waals surface area contributed by atoms with E-state index in [-0.39, 0.29) is 23.5 Å². The Morgan fingerprint density at radius 3 is 2.46 bits per heavy atom. The maximum Gasteiger partial charge on any atom is 0.266 e. The van der Waals surface area contributed by atoms with E-state index in [1.54, 1.807) is 32.9 Å². The van der Waals surface area contributed by atoms with Gasteiger partial charge in [0.05, 0.1) is 13.7 Å². The molecule has 7 heteroatoms. The number of amides is 1. The average Bonchev–Trinajstić information content (AvgIpc) is 2.68. The molecule has 2 rings (SSSR count). The summed E-state index contributed by atoms with van der Waals surface area (Å²) in [6.45, 7) is 4.36. The van der Waals surface area contributed by atoms with Crippen LogP contribution in [0, 0.1) is 25.2 Å². The van der Waals surface area contributed by atoms with Crippen molar-refractivity contribution >= 4 is 5.91 Å². The van der Waals surface area contributed by atoms with Crippen LogP contribution in [0.25, 0.3) is 0 Å². The van der Waals surface area contributed by atoms with Gasteiger partial charge in [0.1, 0.15) is 29.7 Å². The molecule has 0 atom stereocenters. The molecule has 0 saturated heterocycles. The number of nitrogens with zero attached hydrogens (tertiary/aromatic N) is 2. The molecule has 1 heterocycles. The topological polar surface area (TPSA) is 95.4 Å². The predicted molar refractivity (Wildman–Crippen MR) is 106 cm³/mol. The second-order valence-corrected chi connectivity index (χ2v) is 6.51. The summed E-state index contributed by atoms with van der Waals surface area (Å²) >= 11 is 0. The zero-order valence-electron chi connectivity index (χ0n) is 16.7. The van der Waals surface area contributed by atoms with Crippen molar-refractivity contribution in [2.45, 2.75) is 26.7 Å². The summed E-state index contributed by atoms with van der Waals surface area (Å²) in [4.78, 5) is 28.5. The predicted octanol–water partition coefficient (Wildman–Crippen LogP) is 2.34. The first-order valence-corrected chi connectivity index (χ1v) is 9.00. The lowest BCUT2D eigenvalue weighted by molar-refractivity contribution is -0.130. The van der Waals surface area contributed by atoms with Gasteiger partial charge in [-0.05, 0) is 55.7 Å². The molecule has 0 aliphatic carbocycles. The van der Waals surface area contributed by atoms with E-state index in [1.807, 2.05) is 30.3 Å². The fourth-order valence-electron chi connectivity index (χ4n) is 2.94. The molecule has 148 valence electrons. The number of aromatic amines is 1. The van der Waals surface area contributed by atoms with Gasteiger partial charge < -0.3 is 19.4 Å². The Labute approximate surface area is 164 Å². The number of carbonyl (C=O) groups excluding carboxylic acids is 1. The Bertz CT molecular complexity index is 926. The third-order valence-corrected chi connectivity index (χ3v) is 4.69. The number of likely N-dealkylation sites (N-methyl/N-ethyl adjacent to an activating group) is 1. The molecule has 0 unspecified atom stereocenters. The molecular weight excluding hydrogens is 358 g/mol. The van der Waals surface area contributed by atoms with E-state index in [0.29, 0.717) is 36.6 Å². The molecular formula is C21H25N3O4. The second-order valence-electron chi connectivity index (χ2n) is 6.51. The average molecular weight is 383 g/mol. The van der Waals surface area contributed by atoms with Gasteiger partial charge in [-0.25, -0.2) is 0 Å². The van der Waals surface area contributed by atoms with E-state index in [0.717, 1.165) is 11.3 Å². The number of aryl methyl sites for hydroxylation is 1. The van der Waals surface area contributed by atoms with Crippen LogP contribution in [0.4, 0.5) is 0 Å². The van der Waals surface area contributed by atoms with Gasteiger partial charge in [0.25, 0.3) is 5.56 Å². The minimum Gasteiger partial charge on any atom is -0.497 e. The number of methoxy groups -OCH3 is 1. The van der Waals surface area contributed by atoms with Crippen LogP contribution in [0.1, 0.15) is 28.8 Å². The largest absolute Gasteiger partial charge is 0.497 e. The summed E-state index contributed by atoms with van der Waals surface area (Å²) in [6, 6.07) is 9.19. The van der Waals surface area contributed by atoms with E-state index < -0.39 is 0 Å². The first-order valence-electron chi connectivity index (χ1n) is 9.00. The van der Waals surface area contributed by atoms with Crippen molar-refractivity contribution in [1.29, 1.82) is 5.26 Å². The number of hydrogen-bond donors (Lipinski definition) is 1. The smallest absolute Gasteiger partial charge is 0.266 e. The molecule has 1 N–H and O–H groups in total. The Hall–Kier alpha value is -3.27. The number of H-pyrrole nitrogens is 1. The highest BCUT2D eigenvalue weighted by Gasteiger charge is 2.15. The van der Waals surface area contributed by atoms with Crippen LogP contribution in [0.2, 0.25) is 0 Å². The number of carbonyl (C=O) groups is 1. The third-order valence-electron chi connectivity index (χ3n) is 4.69. The van der Waals surface area contributed by atoms with Gasteiger partial charge >= 0.3 is 0 Å². The monoisotopic (exact) mass is 383 g/mol. The molecule has 2 aromatic rings. The first kappa shape index (κ1) is 21.0. The SMILES string of the molecule is COc1ccc(OCCN(C)C(=O)CCc2c(C)[nH]c(=O)c(C#N)c2C)cc1. The van der Waals surface area contributed by atoms with Gasteiger partial charge in [-0.2, -0.15) is 5.26 Å². The minimum absolute atomic E-state index is 0.0261. The van der Waals surface area contributed by atoms with Crippen molar-refractivity contribution in [2.24, 2.45) is 0 Å². The molecule has 0 fully saturated rings. The quantitative estimate of drug-likeness (QED) is 0.755. The maximum atomic E-state index is 12.4. The van der Waals surface area contributed by atoms with Gasteiger partial charge in [-0.1, -0.05) is 0 Å². The maximum absolute atomic E-state index is 12.4. The summed E-state index contributed by atoms with van der Waals surface area (Å²) < 4.78 is 10.7. The van der Waals surface area contributed by atoms with Crippen molar-refractivity contribution in [3.05, 3.63) is 57.0 Å². The van der Waals surface area contributed by atoms with E-state index >= 15 is 0 Å². The first-order chi connectivity index (χ1) is 13.4. The number of pyridine rings is 1. The zero-order chi connectivity index (χ0) is 20.7. The van der Waals surface area contributed by atoms with Gasteiger partial charge in [0, 0.05) is 19.2 Å². The number of rotatable bonds is 8. The molecule has 0 aliphatic heterocycles. The molecule has 0 bridgehead atoms. The van der Waals surface area contributed by atoms with Crippen molar-refractivity contribution in [1.82, 2.24) is 9.88 Å². The number of ether oxygens (including phenoxy) is 2. The molecule has 0 radical (unpaired) electrons. The van der Waals surface area contributed by atoms with Crippen molar-refractivity contribution < 1.29 is 14.3 Å². The van der Waals surface area contributed by atoms with Gasteiger partial charge in [0.15, 0.2) is 0 Å². The van der Waals surface area contributed by atoms with Crippen LogP contribution in [-0.4, -0.2) is 43.1 Å². The van der Waals surface area contributed by atoms with Crippen molar-refractivity contribution in [3.63, 3.8) is 0 Å². The number of nitrogens with one attached hydrogen (secondary N) is 1. The van der Waals surface area contributed by atoms with Crippen molar-refractivity contribution in [3.8, 4) is 17.6 Å². The summed E-state index contributed by atoms with van der Waals surface area (Å²) in [6.07, 6.45) is 0.753. The molecule has 0 aliphatic rings.